The van der Waals surface area contributed by atoms with Crippen LogP contribution in [0.25, 0.3) is 16.9 Å². The summed E-state index contributed by atoms with van der Waals surface area (Å²) in [6, 6.07) is 15.6. The molecule has 3 aromatic rings. The molecule has 0 N–H and O–H groups in total. The van der Waals surface area contributed by atoms with E-state index >= 15 is 0 Å². The Balaban J connectivity index is 2.00. The maximum Gasteiger partial charge on any atom is 0.153 e. The van der Waals surface area contributed by atoms with Crippen molar-refractivity contribution in [3.8, 4) is 22.7 Å². The van der Waals surface area contributed by atoms with Gasteiger partial charge in [-0.1, -0.05) is 12.1 Å². The van der Waals surface area contributed by atoms with E-state index in [0.29, 0.717) is 11.3 Å². The van der Waals surface area contributed by atoms with E-state index in [9.17, 15) is 4.79 Å². The first-order valence-corrected chi connectivity index (χ1v) is 8.31. The maximum absolute atomic E-state index is 11.4. The van der Waals surface area contributed by atoms with Gasteiger partial charge in [0.2, 0.25) is 0 Å². The summed E-state index contributed by atoms with van der Waals surface area (Å²) >= 11 is 1.68. The fourth-order valence-corrected chi connectivity index (χ4v) is 2.72. The van der Waals surface area contributed by atoms with Crippen molar-refractivity contribution in [2.75, 3.05) is 13.4 Å². The van der Waals surface area contributed by atoms with Crippen LogP contribution < -0.4 is 4.74 Å². The second kappa shape index (κ2) is 6.71. The number of carbonyl (C=O) groups excluding carboxylic acids is 1. The lowest BCUT2D eigenvalue weighted by molar-refractivity contribution is 0.112. The first kappa shape index (κ1) is 15.4. The number of hydrogen-bond acceptors (Lipinski definition) is 4. The summed E-state index contributed by atoms with van der Waals surface area (Å²) in [6.45, 7) is 0. The summed E-state index contributed by atoms with van der Waals surface area (Å²) in [5.41, 5.74) is 3.05. The van der Waals surface area contributed by atoms with Crippen molar-refractivity contribution in [1.82, 2.24) is 9.78 Å². The van der Waals surface area contributed by atoms with Crippen LogP contribution in [0.15, 0.2) is 59.6 Å². The number of aromatic nitrogens is 2. The molecule has 116 valence electrons. The Morgan fingerprint density at radius 1 is 1.09 bits per heavy atom. The molecule has 2 aromatic carbocycles. The van der Waals surface area contributed by atoms with Crippen molar-refractivity contribution in [2.24, 2.45) is 0 Å². The van der Waals surface area contributed by atoms with Gasteiger partial charge in [0.05, 0.1) is 18.4 Å². The molecule has 1 heterocycles. The normalized spacial score (nSPS) is 10.5. The Labute approximate surface area is 139 Å². The lowest BCUT2D eigenvalue weighted by Gasteiger charge is -2.03. The van der Waals surface area contributed by atoms with E-state index in [1.165, 1.54) is 4.90 Å². The largest absolute Gasteiger partial charge is 0.497 e. The summed E-state index contributed by atoms with van der Waals surface area (Å²) in [5.74, 6) is 0.782. The topological polar surface area (TPSA) is 44.1 Å². The Kier molecular flexibility index (Phi) is 4.48. The van der Waals surface area contributed by atoms with Crippen LogP contribution in [0, 0.1) is 0 Å². The quantitative estimate of drug-likeness (QED) is 0.524. The Bertz CT molecular complexity index is 808. The molecule has 0 spiro atoms. The van der Waals surface area contributed by atoms with Crippen molar-refractivity contribution >= 4 is 18.0 Å². The number of rotatable bonds is 5. The fourth-order valence-electron chi connectivity index (χ4n) is 2.31. The number of carbonyl (C=O) groups is 1. The number of hydrogen-bond donors (Lipinski definition) is 0. The van der Waals surface area contributed by atoms with Gasteiger partial charge in [-0.15, -0.1) is 11.8 Å². The van der Waals surface area contributed by atoms with Gasteiger partial charge in [0.25, 0.3) is 0 Å². The maximum atomic E-state index is 11.4. The summed E-state index contributed by atoms with van der Waals surface area (Å²) in [7, 11) is 1.63. The minimum absolute atomic E-state index is 0.567. The number of benzene rings is 2. The molecule has 23 heavy (non-hydrogen) atoms. The molecule has 0 saturated carbocycles. The first-order valence-electron chi connectivity index (χ1n) is 7.09. The van der Waals surface area contributed by atoms with Crippen molar-refractivity contribution in [2.45, 2.75) is 4.90 Å². The van der Waals surface area contributed by atoms with Gasteiger partial charge in [-0.2, -0.15) is 5.10 Å². The zero-order valence-electron chi connectivity index (χ0n) is 12.9. The van der Waals surface area contributed by atoms with E-state index in [0.717, 1.165) is 23.3 Å². The van der Waals surface area contributed by atoms with E-state index in [-0.39, 0.29) is 0 Å². The first-order chi connectivity index (χ1) is 11.2. The molecule has 0 radical (unpaired) electrons. The molecule has 4 nitrogen and oxygen atoms in total. The second-order valence-electron chi connectivity index (χ2n) is 4.92. The third kappa shape index (κ3) is 3.14. The third-order valence-electron chi connectivity index (χ3n) is 3.57. The fraction of sp³-hybridized carbons (Fsp3) is 0.111. The van der Waals surface area contributed by atoms with Crippen LogP contribution in [0.2, 0.25) is 0 Å². The van der Waals surface area contributed by atoms with E-state index in [1.54, 1.807) is 29.8 Å². The molecule has 5 heteroatoms. The van der Waals surface area contributed by atoms with E-state index < -0.39 is 0 Å². The Morgan fingerprint density at radius 3 is 2.35 bits per heavy atom. The molecular formula is C18H16N2O2S. The molecule has 1 aromatic heterocycles. The van der Waals surface area contributed by atoms with Gasteiger partial charge in [0, 0.05) is 16.7 Å². The van der Waals surface area contributed by atoms with Crippen LogP contribution in [0.1, 0.15) is 10.4 Å². The van der Waals surface area contributed by atoms with Crippen LogP contribution in [0.4, 0.5) is 0 Å². The van der Waals surface area contributed by atoms with Crippen molar-refractivity contribution < 1.29 is 9.53 Å². The van der Waals surface area contributed by atoms with Crippen LogP contribution in [0.3, 0.4) is 0 Å². The molecule has 0 saturated heterocycles. The van der Waals surface area contributed by atoms with Crippen molar-refractivity contribution in [1.29, 1.82) is 0 Å². The SMILES string of the molecule is COc1ccc(-n2cc(C=O)c(-c3ccc(SC)cc3)n2)cc1. The van der Waals surface area contributed by atoms with Gasteiger partial charge in [0.1, 0.15) is 11.4 Å². The Hall–Kier alpha value is -2.53. The lowest BCUT2D eigenvalue weighted by Crippen LogP contribution is -1.95. The minimum Gasteiger partial charge on any atom is -0.497 e. The molecule has 0 bridgehead atoms. The van der Waals surface area contributed by atoms with Crippen LogP contribution >= 0.6 is 11.8 Å². The average Bonchev–Trinajstić information content (AvgIpc) is 3.06. The van der Waals surface area contributed by atoms with Gasteiger partial charge in [-0.3, -0.25) is 4.79 Å². The molecule has 0 aliphatic carbocycles. The van der Waals surface area contributed by atoms with E-state index in [4.69, 9.17) is 4.74 Å². The molecule has 0 atom stereocenters. The van der Waals surface area contributed by atoms with Crippen molar-refractivity contribution in [3.63, 3.8) is 0 Å². The van der Waals surface area contributed by atoms with Crippen LogP contribution in [0.5, 0.6) is 5.75 Å². The zero-order valence-corrected chi connectivity index (χ0v) is 13.7. The predicted molar refractivity (Wildman–Crippen MR) is 92.7 cm³/mol. The summed E-state index contributed by atoms with van der Waals surface area (Å²) in [5, 5.41) is 4.57. The molecule has 3 rings (SSSR count). The number of ether oxygens (including phenoxy) is 1. The van der Waals surface area contributed by atoms with E-state index in [1.807, 2.05) is 54.8 Å². The summed E-state index contributed by atoms with van der Waals surface area (Å²) < 4.78 is 6.87. The van der Waals surface area contributed by atoms with Crippen LogP contribution in [-0.4, -0.2) is 29.4 Å². The Morgan fingerprint density at radius 2 is 1.78 bits per heavy atom. The highest BCUT2D eigenvalue weighted by atomic mass is 32.2. The molecule has 0 aliphatic rings. The summed E-state index contributed by atoms with van der Waals surface area (Å²) in [6.07, 6.45) is 4.61. The molecule has 0 aliphatic heterocycles. The average molecular weight is 324 g/mol. The predicted octanol–water partition coefficient (Wildman–Crippen LogP) is 4.08. The molecule has 0 unspecified atom stereocenters. The second-order valence-corrected chi connectivity index (χ2v) is 5.80. The van der Waals surface area contributed by atoms with Gasteiger partial charge >= 0.3 is 0 Å². The van der Waals surface area contributed by atoms with Crippen molar-refractivity contribution in [3.05, 3.63) is 60.3 Å². The number of aldehydes is 1. The third-order valence-corrected chi connectivity index (χ3v) is 4.31. The zero-order chi connectivity index (χ0) is 16.2. The van der Waals surface area contributed by atoms with Gasteiger partial charge in [-0.25, -0.2) is 4.68 Å². The standard InChI is InChI=1S/C18H16N2O2S/c1-22-16-7-5-15(6-8-16)20-11-14(12-21)18(19-20)13-3-9-17(23-2)10-4-13/h3-12H,1-2H3. The molecule has 0 amide bonds. The minimum atomic E-state index is 0.567. The van der Waals surface area contributed by atoms with Gasteiger partial charge in [-0.05, 0) is 42.7 Å². The highest BCUT2D eigenvalue weighted by molar-refractivity contribution is 7.98. The smallest absolute Gasteiger partial charge is 0.153 e. The highest BCUT2D eigenvalue weighted by Crippen LogP contribution is 2.25. The number of nitrogens with zero attached hydrogens (tertiary/aromatic N) is 2. The monoisotopic (exact) mass is 324 g/mol. The van der Waals surface area contributed by atoms with Gasteiger partial charge < -0.3 is 4.74 Å². The van der Waals surface area contributed by atoms with E-state index in [2.05, 4.69) is 5.10 Å². The molecule has 0 fully saturated rings. The number of methoxy groups -OCH3 is 1. The molecular weight excluding hydrogens is 308 g/mol. The van der Waals surface area contributed by atoms with Gasteiger partial charge in [0.15, 0.2) is 6.29 Å². The lowest BCUT2D eigenvalue weighted by atomic mass is 10.1. The highest BCUT2D eigenvalue weighted by Gasteiger charge is 2.11. The van der Waals surface area contributed by atoms with Crippen LogP contribution in [-0.2, 0) is 0 Å². The summed E-state index contributed by atoms with van der Waals surface area (Å²) in [4.78, 5) is 12.6. The number of thioether (sulfide) groups is 1.